The predicted octanol–water partition coefficient (Wildman–Crippen LogP) is 3.43. The molecule has 0 aromatic heterocycles. The fourth-order valence-corrected chi connectivity index (χ4v) is 2.66. The average molecular weight is 265 g/mol. The lowest BCUT2D eigenvalue weighted by Gasteiger charge is -2.25. The Balaban J connectivity index is 1.76. The number of nitrogens with zero attached hydrogens (tertiary/aromatic N) is 1. The monoisotopic (exact) mass is 264 g/mol. The number of halogens is 1. The standard InChI is InChI=1S/C15H21ClN2/c16-15-7-14(6-5-13(15)8-17)18(9-11-1-2-11)10-12-3-4-12/h5-7,11-12H,1-4,8-10,17H2. The van der Waals surface area contributed by atoms with E-state index in [0.717, 1.165) is 22.4 Å². The number of rotatable bonds is 6. The molecule has 0 amide bonds. The summed E-state index contributed by atoms with van der Waals surface area (Å²) in [6, 6.07) is 6.35. The molecule has 1 aromatic rings. The highest BCUT2D eigenvalue weighted by Crippen LogP contribution is 2.36. The molecule has 18 heavy (non-hydrogen) atoms. The van der Waals surface area contributed by atoms with Crippen molar-refractivity contribution in [1.82, 2.24) is 0 Å². The highest BCUT2D eigenvalue weighted by atomic mass is 35.5. The maximum absolute atomic E-state index is 6.27. The molecular formula is C15H21ClN2. The van der Waals surface area contributed by atoms with Crippen molar-refractivity contribution >= 4 is 17.3 Å². The first kappa shape index (κ1) is 12.3. The van der Waals surface area contributed by atoms with Crippen LogP contribution in [0, 0.1) is 11.8 Å². The Morgan fingerprint density at radius 3 is 2.17 bits per heavy atom. The van der Waals surface area contributed by atoms with Crippen LogP contribution in [0.4, 0.5) is 5.69 Å². The topological polar surface area (TPSA) is 29.3 Å². The van der Waals surface area contributed by atoms with Gasteiger partial charge in [-0.25, -0.2) is 0 Å². The van der Waals surface area contributed by atoms with E-state index in [4.69, 9.17) is 17.3 Å². The Kier molecular flexibility index (Phi) is 3.49. The third-order valence-corrected chi connectivity index (χ3v) is 4.32. The van der Waals surface area contributed by atoms with Crippen LogP contribution in [0.1, 0.15) is 31.2 Å². The molecule has 1 aromatic carbocycles. The number of anilines is 1. The quantitative estimate of drug-likeness (QED) is 0.853. The second-order valence-electron chi connectivity index (χ2n) is 5.77. The third-order valence-electron chi connectivity index (χ3n) is 3.97. The van der Waals surface area contributed by atoms with Crippen LogP contribution in [-0.2, 0) is 6.54 Å². The summed E-state index contributed by atoms with van der Waals surface area (Å²) < 4.78 is 0. The van der Waals surface area contributed by atoms with Crippen LogP contribution in [0.5, 0.6) is 0 Å². The van der Waals surface area contributed by atoms with E-state index >= 15 is 0 Å². The first-order valence-corrected chi connectivity index (χ1v) is 7.37. The van der Waals surface area contributed by atoms with Crippen LogP contribution >= 0.6 is 11.6 Å². The van der Waals surface area contributed by atoms with Crippen LogP contribution in [0.15, 0.2) is 18.2 Å². The Labute approximate surface area is 114 Å². The molecule has 3 rings (SSSR count). The normalized spacial score (nSPS) is 19.0. The molecule has 2 N–H and O–H groups in total. The molecule has 2 aliphatic carbocycles. The predicted molar refractivity (Wildman–Crippen MR) is 77.0 cm³/mol. The molecule has 2 fully saturated rings. The summed E-state index contributed by atoms with van der Waals surface area (Å²) in [7, 11) is 0. The summed E-state index contributed by atoms with van der Waals surface area (Å²) in [6.45, 7) is 2.92. The second kappa shape index (κ2) is 5.10. The van der Waals surface area contributed by atoms with Gasteiger partial charge >= 0.3 is 0 Å². The largest absolute Gasteiger partial charge is 0.371 e. The molecule has 2 aliphatic rings. The molecule has 2 nitrogen and oxygen atoms in total. The van der Waals surface area contributed by atoms with Gasteiger partial charge in [-0.2, -0.15) is 0 Å². The van der Waals surface area contributed by atoms with E-state index in [1.165, 1.54) is 44.5 Å². The zero-order valence-electron chi connectivity index (χ0n) is 10.7. The lowest BCUT2D eigenvalue weighted by Crippen LogP contribution is -2.28. The fraction of sp³-hybridized carbons (Fsp3) is 0.600. The van der Waals surface area contributed by atoms with Crippen LogP contribution in [0.3, 0.4) is 0 Å². The zero-order valence-corrected chi connectivity index (χ0v) is 11.5. The summed E-state index contributed by atoms with van der Waals surface area (Å²) >= 11 is 6.27. The average Bonchev–Trinajstić information content (AvgIpc) is 3.23. The minimum atomic E-state index is 0.518. The van der Waals surface area contributed by atoms with E-state index in [0.29, 0.717) is 6.54 Å². The van der Waals surface area contributed by atoms with Gasteiger partial charge in [0.25, 0.3) is 0 Å². The van der Waals surface area contributed by atoms with Gasteiger partial charge in [-0.05, 0) is 55.2 Å². The minimum absolute atomic E-state index is 0.518. The van der Waals surface area contributed by atoms with Crippen molar-refractivity contribution < 1.29 is 0 Å². The van der Waals surface area contributed by atoms with Gasteiger partial charge in [-0.15, -0.1) is 0 Å². The van der Waals surface area contributed by atoms with Gasteiger partial charge in [0.2, 0.25) is 0 Å². The maximum Gasteiger partial charge on any atom is 0.0471 e. The number of hydrogen-bond donors (Lipinski definition) is 1. The molecule has 0 spiro atoms. The van der Waals surface area contributed by atoms with Crippen molar-refractivity contribution in [3.63, 3.8) is 0 Å². The Morgan fingerprint density at radius 2 is 1.72 bits per heavy atom. The molecule has 2 saturated carbocycles. The van der Waals surface area contributed by atoms with E-state index in [-0.39, 0.29) is 0 Å². The lowest BCUT2D eigenvalue weighted by molar-refractivity contribution is 0.679. The molecule has 0 atom stereocenters. The van der Waals surface area contributed by atoms with Crippen molar-refractivity contribution in [2.24, 2.45) is 17.6 Å². The van der Waals surface area contributed by atoms with Crippen molar-refractivity contribution in [3.8, 4) is 0 Å². The Bertz CT molecular complexity index is 411. The summed E-state index contributed by atoms with van der Waals surface area (Å²) in [5.41, 5.74) is 7.97. The third kappa shape index (κ3) is 2.99. The van der Waals surface area contributed by atoms with Gasteiger partial charge in [0.1, 0.15) is 0 Å². The minimum Gasteiger partial charge on any atom is -0.371 e. The first-order chi connectivity index (χ1) is 8.76. The zero-order chi connectivity index (χ0) is 12.5. The molecule has 98 valence electrons. The number of hydrogen-bond acceptors (Lipinski definition) is 2. The lowest BCUT2D eigenvalue weighted by atomic mass is 10.1. The molecule has 3 heteroatoms. The molecule has 0 saturated heterocycles. The maximum atomic E-state index is 6.27. The fourth-order valence-electron chi connectivity index (χ4n) is 2.41. The molecule has 0 heterocycles. The van der Waals surface area contributed by atoms with Crippen molar-refractivity contribution in [3.05, 3.63) is 28.8 Å². The van der Waals surface area contributed by atoms with Crippen molar-refractivity contribution in [2.45, 2.75) is 32.2 Å². The van der Waals surface area contributed by atoms with Crippen molar-refractivity contribution in [2.75, 3.05) is 18.0 Å². The summed E-state index contributed by atoms with van der Waals surface area (Å²) in [4.78, 5) is 2.53. The van der Waals surface area contributed by atoms with Gasteiger partial charge in [0.05, 0.1) is 0 Å². The van der Waals surface area contributed by atoms with E-state index in [1.54, 1.807) is 0 Å². The molecule has 0 radical (unpaired) electrons. The van der Waals surface area contributed by atoms with Crippen LogP contribution in [0.25, 0.3) is 0 Å². The van der Waals surface area contributed by atoms with E-state index < -0.39 is 0 Å². The van der Waals surface area contributed by atoms with Crippen LogP contribution in [-0.4, -0.2) is 13.1 Å². The summed E-state index contributed by atoms with van der Waals surface area (Å²) in [6.07, 6.45) is 5.59. The molecular weight excluding hydrogens is 244 g/mol. The highest BCUT2D eigenvalue weighted by molar-refractivity contribution is 6.31. The van der Waals surface area contributed by atoms with Crippen LogP contribution in [0.2, 0.25) is 5.02 Å². The van der Waals surface area contributed by atoms with Gasteiger partial charge in [-0.3, -0.25) is 0 Å². The van der Waals surface area contributed by atoms with Crippen LogP contribution < -0.4 is 10.6 Å². The van der Waals surface area contributed by atoms with Gasteiger partial charge in [0, 0.05) is 30.3 Å². The SMILES string of the molecule is NCc1ccc(N(CC2CC2)CC2CC2)cc1Cl. The van der Waals surface area contributed by atoms with Gasteiger partial charge in [-0.1, -0.05) is 17.7 Å². The van der Waals surface area contributed by atoms with Crippen molar-refractivity contribution in [1.29, 1.82) is 0 Å². The van der Waals surface area contributed by atoms with E-state index in [1.807, 2.05) is 0 Å². The first-order valence-electron chi connectivity index (χ1n) is 6.99. The second-order valence-corrected chi connectivity index (χ2v) is 6.18. The number of nitrogens with two attached hydrogens (primary N) is 1. The summed E-state index contributed by atoms with van der Waals surface area (Å²) in [5, 5.41) is 0.812. The smallest absolute Gasteiger partial charge is 0.0471 e. The van der Waals surface area contributed by atoms with Gasteiger partial charge < -0.3 is 10.6 Å². The van der Waals surface area contributed by atoms with Gasteiger partial charge in [0.15, 0.2) is 0 Å². The Hall–Kier alpha value is -0.730. The molecule has 0 aliphatic heterocycles. The molecule has 0 bridgehead atoms. The van der Waals surface area contributed by atoms with E-state index in [2.05, 4.69) is 23.1 Å². The van der Waals surface area contributed by atoms with E-state index in [9.17, 15) is 0 Å². The molecule has 0 unspecified atom stereocenters. The summed E-state index contributed by atoms with van der Waals surface area (Å²) in [5.74, 6) is 1.83. The highest BCUT2D eigenvalue weighted by Gasteiger charge is 2.29. The number of benzene rings is 1. The Morgan fingerprint density at radius 1 is 1.11 bits per heavy atom.